The van der Waals surface area contributed by atoms with E-state index >= 15 is 0 Å². The molecule has 5 nitrogen and oxygen atoms in total. The molecule has 0 radical (unpaired) electrons. The summed E-state index contributed by atoms with van der Waals surface area (Å²) in [5.41, 5.74) is 4.80. The average Bonchev–Trinajstić information content (AvgIpc) is 3.66. The van der Waals surface area contributed by atoms with Crippen LogP contribution in [0.25, 0.3) is 22.2 Å². The van der Waals surface area contributed by atoms with Crippen LogP contribution in [0.15, 0.2) is 126 Å². The van der Waals surface area contributed by atoms with Crippen LogP contribution in [-0.2, 0) is 5.54 Å². The molecule has 210 valence electrons. The molecule has 0 aliphatic carbocycles. The van der Waals surface area contributed by atoms with Gasteiger partial charge in [-0.25, -0.2) is 4.68 Å². The van der Waals surface area contributed by atoms with Gasteiger partial charge in [0.05, 0.1) is 5.52 Å². The van der Waals surface area contributed by atoms with Gasteiger partial charge in [0.15, 0.2) is 5.78 Å². The first kappa shape index (κ1) is 27.4. The number of Topliss-reactive ketones (excluding diaryl/α,β-unsaturated/α-hetero) is 1. The lowest BCUT2D eigenvalue weighted by Gasteiger charge is -2.40. The molecule has 5 heteroatoms. The molecule has 0 saturated carbocycles. The Balaban J connectivity index is 1.64. The number of furan rings is 1. The first-order valence-electron chi connectivity index (χ1n) is 14.7. The summed E-state index contributed by atoms with van der Waals surface area (Å²) in [6, 6.07) is 40.4. The van der Waals surface area contributed by atoms with Crippen molar-refractivity contribution in [2.45, 2.75) is 51.0 Å². The van der Waals surface area contributed by atoms with Crippen molar-refractivity contribution >= 4 is 16.8 Å². The Morgan fingerprint density at radius 1 is 0.857 bits per heavy atom. The summed E-state index contributed by atoms with van der Waals surface area (Å²) < 4.78 is 8.84. The lowest BCUT2D eigenvalue weighted by molar-refractivity contribution is 0.0930. The number of aryl methyl sites for hydroxylation is 1. The lowest BCUT2D eigenvalue weighted by Crippen LogP contribution is -2.43. The normalized spacial score (nSPS) is 13.6. The number of fused-ring (bicyclic) bond motifs is 1. The molecule has 0 amide bonds. The van der Waals surface area contributed by atoms with Crippen LogP contribution in [0.2, 0.25) is 0 Å². The maximum atomic E-state index is 14.0. The van der Waals surface area contributed by atoms with Crippen molar-refractivity contribution in [2.75, 3.05) is 0 Å². The minimum atomic E-state index is -0.824. The van der Waals surface area contributed by atoms with Gasteiger partial charge in [0.1, 0.15) is 22.6 Å². The van der Waals surface area contributed by atoms with Crippen LogP contribution in [0, 0.1) is 6.92 Å². The summed E-state index contributed by atoms with van der Waals surface area (Å²) in [5, 5.41) is 9.44. The second-order valence-corrected chi connectivity index (χ2v) is 10.9. The fourth-order valence-corrected chi connectivity index (χ4v) is 6.21. The van der Waals surface area contributed by atoms with E-state index in [1.54, 1.807) is 0 Å². The maximum absolute atomic E-state index is 14.0. The van der Waals surface area contributed by atoms with Gasteiger partial charge in [0.2, 0.25) is 0 Å². The van der Waals surface area contributed by atoms with Gasteiger partial charge in [-0.2, -0.15) is 0 Å². The number of para-hydroxylation sites is 1. The predicted molar refractivity (Wildman–Crippen MR) is 168 cm³/mol. The molecule has 0 saturated heterocycles. The molecule has 0 fully saturated rings. The number of rotatable bonds is 11. The van der Waals surface area contributed by atoms with Gasteiger partial charge < -0.3 is 4.42 Å². The number of aromatic nitrogens is 3. The van der Waals surface area contributed by atoms with Crippen LogP contribution in [0.4, 0.5) is 0 Å². The maximum Gasteiger partial charge on any atom is 0.163 e. The van der Waals surface area contributed by atoms with Crippen LogP contribution in [0.1, 0.15) is 66.0 Å². The Kier molecular flexibility index (Phi) is 7.83. The molecule has 0 spiro atoms. The SMILES string of the molecule is CCCCC(c1cc(-c2ccccc2)c(C)o1)(C(CC(=O)c1ccccc1)c1ccccc1)n1nnc2ccccc21. The summed E-state index contributed by atoms with van der Waals surface area (Å²) in [6.45, 7) is 4.21. The number of hydrogen-bond donors (Lipinski definition) is 0. The fraction of sp³-hybridized carbons (Fsp3) is 0.216. The third kappa shape index (κ3) is 5.07. The standard InChI is InChI=1S/C37H35N3O2/c1-3-4-24-37(40-34-23-15-14-22-33(34)38-39-40,36-25-31(27(2)42-36)28-16-8-5-9-17-28)32(29-18-10-6-11-19-29)26-35(41)30-20-12-7-13-21-30/h5-23,25,32H,3-4,24,26H2,1-2H3. The molecule has 4 aromatic carbocycles. The van der Waals surface area contributed by atoms with E-state index in [-0.39, 0.29) is 18.1 Å². The van der Waals surface area contributed by atoms with Crippen molar-refractivity contribution in [1.82, 2.24) is 15.0 Å². The van der Waals surface area contributed by atoms with Crippen LogP contribution in [0.3, 0.4) is 0 Å². The van der Waals surface area contributed by atoms with E-state index in [0.29, 0.717) is 5.56 Å². The summed E-state index contributed by atoms with van der Waals surface area (Å²) in [6.07, 6.45) is 2.90. The minimum absolute atomic E-state index is 0.0845. The molecule has 6 aromatic rings. The van der Waals surface area contributed by atoms with Crippen LogP contribution >= 0.6 is 0 Å². The van der Waals surface area contributed by atoms with Gasteiger partial charge in [-0.15, -0.1) is 5.10 Å². The van der Waals surface area contributed by atoms with Crippen LogP contribution in [0.5, 0.6) is 0 Å². The zero-order chi connectivity index (χ0) is 28.9. The quantitative estimate of drug-likeness (QED) is 0.150. The molecule has 2 aromatic heterocycles. The second kappa shape index (κ2) is 12.0. The molecule has 2 atom stereocenters. The van der Waals surface area contributed by atoms with Crippen molar-refractivity contribution in [3.05, 3.63) is 144 Å². The first-order valence-corrected chi connectivity index (χ1v) is 14.7. The number of carbonyl (C=O) groups excluding carboxylic acids is 1. The van der Waals surface area contributed by atoms with Gasteiger partial charge in [0, 0.05) is 23.5 Å². The van der Waals surface area contributed by atoms with Gasteiger partial charge in [-0.05, 0) is 42.7 Å². The Labute approximate surface area is 246 Å². The number of unbranched alkanes of at least 4 members (excludes halogenated alkanes) is 1. The third-order valence-corrected chi connectivity index (χ3v) is 8.33. The Hall–Kier alpha value is -4.77. The van der Waals surface area contributed by atoms with Crippen LogP contribution in [-0.4, -0.2) is 20.8 Å². The highest BCUT2D eigenvalue weighted by Crippen LogP contribution is 2.49. The molecular weight excluding hydrogens is 518 g/mol. The first-order chi connectivity index (χ1) is 20.6. The molecule has 6 rings (SSSR count). The van der Waals surface area contributed by atoms with Crippen LogP contribution < -0.4 is 0 Å². The number of ketones is 1. The fourth-order valence-electron chi connectivity index (χ4n) is 6.21. The smallest absolute Gasteiger partial charge is 0.163 e. The molecule has 2 heterocycles. The van der Waals surface area contributed by atoms with Gasteiger partial charge in [0.25, 0.3) is 0 Å². The number of nitrogens with zero attached hydrogens (tertiary/aromatic N) is 3. The second-order valence-electron chi connectivity index (χ2n) is 10.9. The van der Waals surface area contributed by atoms with Gasteiger partial charge in [-0.3, -0.25) is 4.79 Å². The zero-order valence-electron chi connectivity index (χ0n) is 24.1. The van der Waals surface area contributed by atoms with Gasteiger partial charge >= 0.3 is 0 Å². The molecule has 0 aliphatic rings. The van der Waals surface area contributed by atoms with E-state index in [9.17, 15) is 4.79 Å². The summed E-state index contributed by atoms with van der Waals surface area (Å²) >= 11 is 0. The van der Waals surface area contributed by atoms with E-state index in [2.05, 4.69) is 48.4 Å². The van der Waals surface area contributed by atoms with Crippen molar-refractivity contribution in [2.24, 2.45) is 0 Å². The third-order valence-electron chi connectivity index (χ3n) is 8.33. The minimum Gasteiger partial charge on any atom is -0.463 e. The number of hydrogen-bond acceptors (Lipinski definition) is 4. The van der Waals surface area contributed by atoms with E-state index in [1.165, 1.54) is 0 Å². The van der Waals surface area contributed by atoms with Crippen molar-refractivity contribution < 1.29 is 9.21 Å². The summed E-state index contributed by atoms with van der Waals surface area (Å²) in [4.78, 5) is 14.0. The molecule has 2 unspecified atom stereocenters. The van der Waals surface area contributed by atoms with E-state index in [1.807, 2.05) is 96.5 Å². The summed E-state index contributed by atoms with van der Waals surface area (Å²) in [7, 11) is 0. The number of carbonyl (C=O) groups is 1. The van der Waals surface area contributed by atoms with Crippen molar-refractivity contribution in [3.63, 3.8) is 0 Å². The van der Waals surface area contributed by atoms with Crippen molar-refractivity contribution in [3.8, 4) is 11.1 Å². The molecule has 0 bridgehead atoms. The lowest BCUT2D eigenvalue weighted by atomic mass is 9.71. The summed E-state index contributed by atoms with van der Waals surface area (Å²) in [5.74, 6) is 1.43. The van der Waals surface area contributed by atoms with Crippen molar-refractivity contribution in [1.29, 1.82) is 0 Å². The topological polar surface area (TPSA) is 60.9 Å². The molecule has 0 aliphatic heterocycles. The Bertz CT molecular complexity index is 1770. The van der Waals surface area contributed by atoms with E-state index < -0.39 is 5.54 Å². The Morgan fingerprint density at radius 3 is 2.21 bits per heavy atom. The largest absolute Gasteiger partial charge is 0.463 e. The highest BCUT2D eigenvalue weighted by Gasteiger charge is 2.48. The highest BCUT2D eigenvalue weighted by molar-refractivity contribution is 5.96. The predicted octanol–water partition coefficient (Wildman–Crippen LogP) is 8.99. The molecular formula is C37H35N3O2. The highest BCUT2D eigenvalue weighted by atomic mass is 16.3. The Morgan fingerprint density at radius 2 is 1.50 bits per heavy atom. The van der Waals surface area contributed by atoms with Gasteiger partial charge in [-0.1, -0.05) is 128 Å². The average molecular weight is 554 g/mol. The van der Waals surface area contributed by atoms with E-state index in [0.717, 1.165) is 58.5 Å². The molecule has 0 N–H and O–H groups in total. The van der Waals surface area contributed by atoms with E-state index in [4.69, 9.17) is 9.63 Å². The monoisotopic (exact) mass is 553 g/mol. The molecule has 42 heavy (non-hydrogen) atoms. The zero-order valence-corrected chi connectivity index (χ0v) is 24.1. The number of benzene rings is 4.